The summed E-state index contributed by atoms with van der Waals surface area (Å²) in [7, 11) is 0. The molecule has 2 aromatic heterocycles. The number of benzene rings is 1. The Balaban J connectivity index is 1.19. The standard InChI is InChI=1S/C23H28N4O2S2/c28-21(26-14-12-25(13-15-26)17-18-7-6-16-31-18)10-2-1-5-11-27-22(29)19-8-3-4-9-20(19)24-23(27)30/h3-4,6-9,16H,1-2,5,10-15,17H2,(H,24,30). The second kappa shape index (κ2) is 10.3. The predicted octanol–water partition coefficient (Wildman–Crippen LogP) is 4.03. The van der Waals surface area contributed by atoms with Crippen molar-refractivity contribution in [1.29, 1.82) is 0 Å². The van der Waals surface area contributed by atoms with E-state index in [4.69, 9.17) is 12.2 Å². The van der Waals surface area contributed by atoms with Gasteiger partial charge >= 0.3 is 0 Å². The van der Waals surface area contributed by atoms with Crippen LogP contribution in [0.3, 0.4) is 0 Å². The topological polar surface area (TPSA) is 61.3 Å². The van der Waals surface area contributed by atoms with E-state index in [0.29, 0.717) is 23.1 Å². The van der Waals surface area contributed by atoms with Gasteiger partial charge in [-0.25, -0.2) is 0 Å². The van der Waals surface area contributed by atoms with Gasteiger partial charge in [-0.05, 0) is 48.6 Å². The lowest BCUT2D eigenvalue weighted by Gasteiger charge is -2.34. The number of piperazine rings is 1. The lowest BCUT2D eigenvalue weighted by atomic mass is 10.1. The summed E-state index contributed by atoms with van der Waals surface area (Å²) in [5.41, 5.74) is 0.727. The van der Waals surface area contributed by atoms with Crippen LogP contribution < -0.4 is 5.56 Å². The van der Waals surface area contributed by atoms with Crippen molar-refractivity contribution in [2.24, 2.45) is 0 Å². The van der Waals surface area contributed by atoms with Gasteiger partial charge in [0.15, 0.2) is 4.77 Å². The number of nitrogens with one attached hydrogen (secondary N) is 1. The molecule has 31 heavy (non-hydrogen) atoms. The summed E-state index contributed by atoms with van der Waals surface area (Å²) in [6.45, 7) is 5.06. The zero-order chi connectivity index (χ0) is 21.6. The third-order valence-corrected chi connectivity index (χ3v) is 7.03. The summed E-state index contributed by atoms with van der Waals surface area (Å²) in [4.78, 5) is 34.1. The average Bonchev–Trinajstić information content (AvgIpc) is 3.29. The van der Waals surface area contributed by atoms with Crippen molar-refractivity contribution in [3.05, 3.63) is 61.8 Å². The van der Waals surface area contributed by atoms with E-state index >= 15 is 0 Å². The molecule has 1 N–H and O–H groups in total. The minimum absolute atomic E-state index is 0.0455. The summed E-state index contributed by atoms with van der Waals surface area (Å²) in [6, 6.07) is 11.7. The zero-order valence-electron chi connectivity index (χ0n) is 17.6. The highest BCUT2D eigenvalue weighted by Crippen LogP contribution is 2.14. The van der Waals surface area contributed by atoms with Gasteiger partial charge in [0.05, 0.1) is 10.9 Å². The number of H-pyrrole nitrogens is 1. The van der Waals surface area contributed by atoms with Crippen LogP contribution in [-0.2, 0) is 17.9 Å². The fraction of sp³-hybridized carbons (Fsp3) is 0.435. The fourth-order valence-corrected chi connectivity index (χ4v) is 5.09. The number of rotatable bonds is 8. The van der Waals surface area contributed by atoms with Crippen molar-refractivity contribution >= 4 is 40.4 Å². The van der Waals surface area contributed by atoms with Gasteiger partial charge < -0.3 is 9.88 Å². The lowest BCUT2D eigenvalue weighted by Crippen LogP contribution is -2.48. The van der Waals surface area contributed by atoms with E-state index in [-0.39, 0.29) is 11.5 Å². The van der Waals surface area contributed by atoms with Crippen LogP contribution in [0.5, 0.6) is 0 Å². The van der Waals surface area contributed by atoms with Crippen molar-refractivity contribution in [2.45, 2.75) is 38.8 Å². The summed E-state index contributed by atoms with van der Waals surface area (Å²) in [5, 5.41) is 2.77. The van der Waals surface area contributed by atoms with Crippen LogP contribution >= 0.6 is 23.6 Å². The van der Waals surface area contributed by atoms with E-state index in [1.165, 1.54) is 4.88 Å². The van der Waals surface area contributed by atoms with Crippen molar-refractivity contribution in [3.8, 4) is 0 Å². The number of hydrogen-bond donors (Lipinski definition) is 1. The van der Waals surface area contributed by atoms with Crippen molar-refractivity contribution in [2.75, 3.05) is 26.2 Å². The highest BCUT2D eigenvalue weighted by atomic mass is 32.1. The van der Waals surface area contributed by atoms with Crippen LogP contribution in [0.2, 0.25) is 0 Å². The van der Waals surface area contributed by atoms with Crippen molar-refractivity contribution < 1.29 is 4.79 Å². The quantitative estimate of drug-likeness (QED) is 0.411. The number of nitrogens with zero attached hydrogens (tertiary/aromatic N) is 3. The monoisotopic (exact) mass is 456 g/mol. The number of amides is 1. The Morgan fingerprint density at radius 3 is 2.61 bits per heavy atom. The summed E-state index contributed by atoms with van der Waals surface area (Å²) in [5.74, 6) is 0.246. The molecule has 4 rings (SSSR count). The van der Waals surface area contributed by atoms with Gasteiger partial charge in [0.1, 0.15) is 0 Å². The first-order valence-electron chi connectivity index (χ1n) is 10.9. The van der Waals surface area contributed by atoms with Crippen molar-refractivity contribution in [1.82, 2.24) is 19.4 Å². The van der Waals surface area contributed by atoms with Crippen LogP contribution in [0.1, 0.15) is 30.6 Å². The van der Waals surface area contributed by atoms with Gasteiger partial charge in [-0.1, -0.05) is 24.6 Å². The maximum absolute atomic E-state index is 12.7. The number of thiophene rings is 1. The van der Waals surface area contributed by atoms with Gasteiger partial charge in [0, 0.05) is 50.6 Å². The Morgan fingerprint density at radius 1 is 1.03 bits per heavy atom. The highest BCUT2D eigenvalue weighted by Gasteiger charge is 2.20. The van der Waals surface area contributed by atoms with Crippen LogP contribution in [0.25, 0.3) is 10.9 Å². The molecule has 1 aromatic carbocycles. The van der Waals surface area contributed by atoms with Crippen LogP contribution in [0, 0.1) is 4.77 Å². The number of aromatic amines is 1. The molecule has 0 atom stereocenters. The van der Waals surface area contributed by atoms with Gasteiger partial charge in [0.25, 0.3) is 5.56 Å². The summed E-state index contributed by atoms with van der Waals surface area (Å²) >= 11 is 7.15. The lowest BCUT2D eigenvalue weighted by molar-refractivity contribution is -0.133. The van der Waals surface area contributed by atoms with E-state index in [9.17, 15) is 9.59 Å². The molecular formula is C23H28N4O2S2. The van der Waals surface area contributed by atoms with E-state index in [0.717, 1.165) is 57.5 Å². The molecule has 1 fully saturated rings. The Morgan fingerprint density at radius 2 is 1.84 bits per heavy atom. The minimum atomic E-state index is -0.0455. The highest BCUT2D eigenvalue weighted by molar-refractivity contribution is 7.71. The molecule has 0 saturated carbocycles. The molecule has 3 heterocycles. The molecule has 0 unspecified atom stereocenters. The predicted molar refractivity (Wildman–Crippen MR) is 128 cm³/mol. The fourth-order valence-electron chi connectivity index (χ4n) is 4.06. The summed E-state index contributed by atoms with van der Waals surface area (Å²) in [6.07, 6.45) is 3.15. The van der Waals surface area contributed by atoms with Gasteiger partial charge in [-0.2, -0.15) is 0 Å². The molecule has 3 aromatic rings. The van der Waals surface area contributed by atoms with Crippen LogP contribution in [0.15, 0.2) is 46.6 Å². The van der Waals surface area contributed by atoms with Gasteiger partial charge in [-0.15, -0.1) is 11.3 Å². The molecule has 0 spiro atoms. The molecule has 0 bridgehead atoms. The molecule has 1 amide bonds. The van der Waals surface area contributed by atoms with E-state index < -0.39 is 0 Å². The van der Waals surface area contributed by atoms with E-state index in [1.54, 1.807) is 15.9 Å². The molecule has 8 heteroatoms. The molecule has 1 saturated heterocycles. The second-order valence-electron chi connectivity index (χ2n) is 7.98. The molecule has 0 radical (unpaired) electrons. The second-order valence-corrected chi connectivity index (χ2v) is 9.40. The van der Waals surface area contributed by atoms with Crippen molar-refractivity contribution in [3.63, 3.8) is 0 Å². The normalized spacial score (nSPS) is 14.9. The molecule has 1 aliphatic rings. The third-order valence-electron chi connectivity index (χ3n) is 5.85. The summed E-state index contributed by atoms with van der Waals surface area (Å²) < 4.78 is 2.09. The molecule has 164 valence electrons. The zero-order valence-corrected chi connectivity index (χ0v) is 19.2. The largest absolute Gasteiger partial charge is 0.340 e. The number of hydrogen-bond acceptors (Lipinski definition) is 5. The van der Waals surface area contributed by atoms with Crippen LogP contribution in [-0.4, -0.2) is 51.4 Å². The number of carbonyl (C=O) groups is 1. The first-order chi connectivity index (χ1) is 15.1. The van der Waals surface area contributed by atoms with Gasteiger partial charge in [0.2, 0.25) is 5.91 Å². The Labute approximate surface area is 191 Å². The smallest absolute Gasteiger partial charge is 0.262 e. The maximum atomic E-state index is 12.7. The van der Waals surface area contributed by atoms with Crippen LogP contribution in [0.4, 0.5) is 0 Å². The van der Waals surface area contributed by atoms with E-state index in [2.05, 4.69) is 27.4 Å². The maximum Gasteiger partial charge on any atom is 0.262 e. The molecule has 1 aliphatic heterocycles. The average molecular weight is 457 g/mol. The number of para-hydroxylation sites is 1. The Hall–Kier alpha value is -2.29. The Kier molecular flexibility index (Phi) is 7.32. The number of aromatic nitrogens is 2. The van der Waals surface area contributed by atoms with E-state index in [1.807, 2.05) is 29.2 Å². The molecule has 6 nitrogen and oxygen atoms in total. The number of unbranched alkanes of at least 4 members (excludes halogenated alkanes) is 2. The number of carbonyl (C=O) groups excluding carboxylic acids is 1. The first kappa shape index (κ1) is 21.9. The third kappa shape index (κ3) is 5.50. The molecule has 0 aliphatic carbocycles. The SMILES string of the molecule is O=C(CCCCCn1c(=S)[nH]c2ccccc2c1=O)N1CCN(Cc2cccs2)CC1. The number of fused-ring (bicyclic) bond motifs is 1. The Bertz CT molecular complexity index is 1130. The first-order valence-corrected chi connectivity index (χ1v) is 12.1. The minimum Gasteiger partial charge on any atom is -0.340 e. The van der Waals surface area contributed by atoms with Gasteiger partial charge in [-0.3, -0.25) is 19.1 Å². The molecular weight excluding hydrogens is 428 g/mol.